The highest BCUT2D eigenvalue weighted by Gasteiger charge is 2.21. The summed E-state index contributed by atoms with van der Waals surface area (Å²) in [5, 5.41) is 2.84. The van der Waals surface area contributed by atoms with Gasteiger partial charge in [-0.25, -0.2) is 0 Å². The summed E-state index contributed by atoms with van der Waals surface area (Å²) >= 11 is 0. The van der Waals surface area contributed by atoms with Crippen molar-refractivity contribution in [1.82, 2.24) is 5.32 Å². The number of methoxy groups -OCH3 is 1. The van der Waals surface area contributed by atoms with Gasteiger partial charge in [0.05, 0.1) is 7.11 Å². The van der Waals surface area contributed by atoms with Gasteiger partial charge < -0.3 is 25.3 Å². The lowest BCUT2D eigenvalue weighted by Crippen LogP contribution is -2.32. The highest BCUT2D eigenvalue weighted by Crippen LogP contribution is 2.40. The summed E-state index contributed by atoms with van der Waals surface area (Å²) in [7, 11) is 1.53. The molecular formula is C18H20N2O4. The van der Waals surface area contributed by atoms with Gasteiger partial charge in [-0.05, 0) is 17.7 Å². The van der Waals surface area contributed by atoms with E-state index in [0.29, 0.717) is 42.6 Å². The molecule has 0 saturated carbocycles. The normalized spacial score (nSPS) is 13.9. The molecule has 2 aromatic rings. The predicted molar refractivity (Wildman–Crippen MR) is 89.7 cm³/mol. The molecule has 0 saturated heterocycles. The number of nitrogens with two attached hydrogens (primary N) is 1. The molecule has 1 unspecified atom stereocenters. The monoisotopic (exact) mass is 328 g/mol. The number of carbonyl (C=O) groups is 1. The van der Waals surface area contributed by atoms with Crippen molar-refractivity contribution in [2.24, 2.45) is 5.73 Å². The zero-order valence-corrected chi connectivity index (χ0v) is 13.5. The van der Waals surface area contributed by atoms with Crippen LogP contribution >= 0.6 is 0 Å². The molecule has 0 aromatic heterocycles. The van der Waals surface area contributed by atoms with Crippen LogP contribution in [0.4, 0.5) is 0 Å². The largest absolute Gasteiger partial charge is 0.493 e. The standard InChI is InChI=1S/C18H20N2O4/c1-22-15-9-13(10-16-17(15)24-8-7-23-16)18(21)20-11-14(19)12-5-3-2-4-6-12/h2-6,9-10,14H,7-8,11,19H2,1H3,(H,20,21). The minimum absolute atomic E-state index is 0.239. The Bertz CT molecular complexity index is 701. The number of benzene rings is 2. The zero-order valence-electron chi connectivity index (χ0n) is 13.5. The van der Waals surface area contributed by atoms with Gasteiger partial charge in [0.1, 0.15) is 13.2 Å². The number of ether oxygens (including phenoxy) is 3. The second-order valence-corrected chi connectivity index (χ2v) is 5.43. The molecule has 0 bridgehead atoms. The maximum atomic E-state index is 12.4. The van der Waals surface area contributed by atoms with Crippen molar-refractivity contribution in [3.05, 3.63) is 53.6 Å². The first-order chi connectivity index (χ1) is 11.7. The zero-order chi connectivity index (χ0) is 16.9. The number of carbonyl (C=O) groups excluding carboxylic acids is 1. The van der Waals surface area contributed by atoms with Gasteiger partial charge in [-0.2, -0.15) is 0 Å². The van der Waals surface area contributed by atoms with Crippen LogP contribution in [0.2, 0.25) is 0 Å². The fourth-order valence-corrected chi connectivity index (χ4v) is 2.53. The van der Waals surface area contributed by atoms with Gasteiger partial charge in [0.25, 0.3) is 5.91 Å². The number of fused-ring (bicyclic) bond motifs is 1. The molecule has 6 nitrogen and oxygen atoms in total. The van der Waals surface area contributed by atoms with Crippen LogP contribution in [0, 0.1) is 0 Å². The molecule has 2 aromatic carbocycles. The van der Waals surface area contributed by atoms with E-state index >= 15 is 0 Å². The summed E-state index contributed by atoms with van der Waals surface area (Å²) in [5.74, 6) is 1.28. The van der Waals surface area contributed by atoms with Gasteiger partial charge in [0.2, 0.25) is 5.75 Å². The molecule has 6 heteroatoms. The molecule has 24 heavy (non-hydrogen) atoms. The first kappa shape index (κ1) is 16.1. The third-order valence-electron chi connectivity index (χ3n) is 3.80. The maximum Gasteiger partial charge on any atom is 0.251 e. The Hall–Kier alpha value is -2.73. The van der Waals surface area contributed by atoms with Gasteiger partial charge in [-0.1, -0.05) is 30.3 Å². The summed E-state index contributed by atoms with van der Waals surface area (Å²) < 4.78 is 16.4. The van der Waals surface area contributed by atoms with E-state index < -0.39 is 0 Å². The van der Waals surface area contributed by atoms with Crippen LogP contribution in [0.15, 0.2) is 42.5 Å². The van der Waals surface area contributed by atoms with Crippen molar-refractivity contribution >= 4 is 5.91 Å². The Morgan fingerprint density at radius 2 is 2.00 bits per heavy atom. The number of rotatable bonds is 5. The third-order valence-corrected chi connectivity index (χ3v) is 3.80. The SMILES string of the molecule is COc1cc(C(=O)NCC(N)c2ccccc2)cc2c1OCCO2. The molecule has 1 atom stereocenters. The Kier molecular flexibility index (Phi) is 4.86. The first-order valence-corrected chi connectivity index (χ1v) is 7.75. The lowest BCUT2D eigenvalue weighted by Gasteiger charge is -2.21. The first-order valence-electron chi connectivity index (χ1n) is 7.75. The van der Waals surface area contributed by atoms with E-state index in [2.05, 4.69) is 5.32 Å². The van der Waals surface area contributed by atoms with Crippen LogP contribution < -0.4 is 25.3 Å². The Labute approximate surface area is 140 Å². The van der Waals surface area contributed by atoms with Crippen LogP contribution in [0.5, 0.6) is 17.2 Å². The highest BCUT2D eigenvalue weighted by molar-refractivity contribution is 5.95. The average Bonchev–Trinajstić information content (AvgIpc) is 2.65. The van der Waals surface area contributed by atoms with Crippen molar-refractivity contribution in [1.29, 1.82) is 0 Å². The van der Waals surface area contributed by atoms with Gasteiger partial charge >= 0.3 is 0 Å². The highest BCUT2D eigenvalue weighted by atomic mass is 16.6. The van der Waals surface area contributed by atoms with Gasteiger partial charge in [-0.15, -0.1) is 0 Å². The minimum atomic E-state index is -0.269. The van der Waals surface area contributed by atoms with Crippen LogP contribution in [0.3, 0.4) is 0 Å². The topological polar surface area (TPSA) is 82.8 Å². The maximum absolute atomic E-state index is 12.4. The number of nitrogens with one attached hydrogen (secondary N) is 1. The molecule has 3 rings (SSSR count). The lowest BCUT2D eigenvalue weighted by atomic mass is 10.1. The van der Waals surface area contributed by atoms with Crippen LogP contribution in [0.1, 0.15) is 22.0 Å². The number of amides is 1. The van der Waals surface area contributed by atoms with Crippen LogP contribution in [-0.4, -0.2) is 32.8 Å². The second-order valence-electron chi connectivity index (χ2n) is 5.43. The van der Waals surface area contributed by atoms with E-state index in [0.717, 1.165) is 5.56 Å². The van der Waals surface area contributed by atoms with Crippen molar-refractivity contribution in [2.75, 3.05) is 26.9 Å². The fourth-order valence-electron chi connectivity index (χ4n) is 2.53. The molecule has 0 aliphatic carbocycles. The van der Waals surface area contributed by atoms with E-state index in [9.17, 15) is 4.79 Å². The van der Waals surface area contributed by atoms with Crippen molar-refractivity contribution in [2.45, 2.75) is 6.04 Å². The molecule has 0 fully saturated rings. The average molecular weight is 328 g/mol. The van der Waals surface area contributed by atoms with Crippen molar-refractivity contribution in [3.63, 3.8) is 0 Å². The molecule has 1 aliphatic heterocycles. The second kappa shape index (κ2) is 7.23. The molecule has 126 valence electrons. The van der Waals surface area contributed by atoms with E-state index in [-0.39, 0.29) is 11.9 Å². The summed E-state index contributed by atoms with van der Waals surface area (Å²) in [6.45, 7) is 1.24. The molecule has 1 amide bonds. The van der Waals surface area contributed by atoms with Gasteiger partial charge in [0, 0.05) is 18.2 Å². The number of hydrogen-bond donors (Lipinski definition) is 2. The number of hydrogen-bond acceptors (Lipinski definition) is 5. The Balaban J connectivity index is 1.71. The third kappa shape index (κ3) is 3.44. The van der Waals surface area contributed by atoms with E-state index in [4.69, 9.17) is 19.9 Å². The minimum Gasteiger partial charge on any atom is -0.493 e. The van der Waals surface area contributed by atoms with E-state index in [1.165, 1.54) is 7.11 Å². The lowest BCUT2D eigenvalue weighted by molar-refractivity contribution is 0.0949. The molecule has 1 heterocycles. The quantitative estimate of drug-likeness (QED) is 0.876. The summed E-state index contributed by atoms with van der Waals surface area (Å²) in [6, 6.07) is 12.7. The van der Waals surface area contributed by atoms with E-state index in [1.54, 1.807) is 12.1 Å². The Morgan fingerprint density at radius 1 is 1.25 bits per heavy atom. The fraction of sp³-hybridized carbons (Fsp3) is 0.278. The molecular weight excluding hydrogens is 308 g/mol. The summed E-state index contributed by atoms with van der Waals surface area (Å²) in [5.41, 5.74) is 7.52. The molecule has 0 spiro atoms. The van der Waals surface area contributed by atoms with E-state index in [1.807, 2.05) is 30.3 Å². The summed E-state index contributed by atoms with van der Waals surface area (Å²) in [6.07, 6.45) is 0. The predicted octanol–water partition coefficient (Wildman–Crippen LogP) is 1.90. The molecule has 3 N–H and O–H groups in total. The van der Waals surface area contributed by atoms with Crippen LogP contribution in [-0.2, 0) is 0 Å². The van der Waals surface area contributed by atoms with Crippen LogP contribution in [0.25, 0.3) is 0 Å². The van der Waals surface area contributed by atoms with Gasteiger partial charge in [0.15, 0.2) is 11.5 Å². The van der Waals surface area contributed by atoms with Crippen molar-refractivity contribution in [3.8, 4) is 17.2 Å². The molecule has 1 aliphatic rings. The summed E-state index contributed by atoms with van der Waals surface area (Å²) in [4.78, 5) is 12.4. The smallest absolute Gasteiger partial charge is 0.251 e. The molecule has 0 radical (unpaired) electrons. The van der Waals surface area contributed by atoms with Gasteiger partial charge in [-0.3, -0.25) is 4.79 Å². The Morgan fingerprint density at radius 3 is 2.75 bits per heavy atom. The van der Waals surface area contributed by atoms with Crippen molar-refractivity contribution < 1.29 is 19.0 Å².